The molecule has 0 bridgehead atoms. The Labute approximate surface area is 159 Å². The fraction of sp³-hybridized carbons (Fsp3) is 0.208. The number of ether oxygens (including phenoxy) is 2. The molecule has 136 valence electrons. The first-order valence-corrected chi connectivity index (χ1v) is 9.05. The van der Waals surface area contributed by atoms with Crippen LogP contribution in [0.2, 0.25) is 0 Å². The van der Waals surface area contributed by atoms with E-state index < -0.39 is 0 Å². The number of methoxy groups -OCH3 is 2. The largest absolute Gasteiger partial charge is 0.497 e. The smallest absolute Gasteiger partial charge is 0.171 e. The van der Waals surface area contributed by atoms with Gasteiger partial charge in [-0.05, 0) is 53.9 Å². The van der Waals surface area contributed by atoms with E-state index in [9.17, 15) is 4.79 Å². The molecule has 4 rings (SSSR count). The predicted octanol–water partition coefficient (Wildman–Crippen LogP) is 5.12. The van der Waals surface area contributed by atoms with Gasteiger partial charge < -0.3 is 9.47 Å². The van der Waals surface area contributed by atoms with Crippen LogP contribution in [0.3, 0.4) is 0 Å². The number of fused-ring (bicyclic) bond motifs is 1. The Kier molecular flexibility index (Phi) is 4.44. The molecular weight excluding hydrogens is 336 g/mol. The van der Waals surface area contributed by atoms with Gasteiger partial charge in [-0.2, -0.15) is 0 Å². The van der Waals surface area contributed by atoms with E-state index in [-0.39, 0.29) is 17.6 Å². The summed E-state index contributed by atoms with van der Waals surface area (Å²) in [5, 5.41) is 0. The van der Waals surface area contributed by atoms with Crippen molar-refractivity contribution < 1.29 is 14.3 Å². The van der Waals surface area contributed by atoms with Crippen molar-refractivity contribution in [1.29, 1.82) is 0 Å². The first kappa shape index (κ1) is 17.3. The molecule has 0 aliphatic heterocycles. The van der Waals surface area contributed by atoms with Crippen molar-refractivity contribution in [3.63, 3.8) is 0 Å². The molecule has 0 radical (unpaired) electrons. The maximum atomic E-state index is 13.3. The fourth-order valence-electron chi connectivity index (χ4n) is 3.95. The molecule has 0 saturated heterocycles. The topological polar surface area (TPSA) is 35.5 Å². The third-order valence-corrected chi connectivity index (χ3v) is 5.39. The van der Waals surface area contributed by atoms with Crippen LogP contribution in [0.5, 0.6) is 11.5 Å². The van der Waals surface area contributed by atoms with Crippen LogP contribution in [-0.2, 0) is 0 Å². The van der Waals surface area contributed by atoms with Crippen LogP contribution in [0.15, 0.2) is 66.7 Å². The lowest BCUT2D eigenvalue weighted by Gasteiger charge is -2.21. The second kappa shape index (κ2) is 6.92. The quantitative estimate of drug-likeness (QED) is 0.649. The summed E-state index contributed by atoms with van der Waals surface area (Å²) in [6.45, 7) is 2.07. The number of aryl methyl sites for hydroxylation is 1. The van der Waals surface area contributed by atoms with Crippen molar-refractivity contribution in [1.82, 2.24) is 0 Å². The zero-order valence-electron chi connectivity index (χ0n) is 15.7. The number of carbonyl (C=O) groups is 1. The number of benzene rings is 3. The normalized spacial score (nSPS) is 18.3. The van der Waals surface area contributed by atoms with Gasteiger partial charge in [0.05, 0.1) is 20.1 Å². The van der Waals surface area contributed by atoms with E-state index >= 15 is 0 Å². The van der Waals surface area contributed by atoms with E-state index in [1.165, 1.54) is 5.56 Å². The fourth-order valence-corrected chi connectivity index (χ4v) is 3.95. The van der Waals surface area contributed by atoms with Crippen molar-refractivity contribution in [2.45, 2.75) is 18.8 Å². The van der Waals surface area contributed by atoms with Crippen LogP contribution in [0.1, 0.15) is 44.4 Å². The summed E-state index contributed by atoms with van der Waals surface area (Å²) in [5.41, 5.74) is 5.16. The lowest BCUT2D eigenvalue weighted by atomic mass is 9.81. The van der Waals surface area contributed by atoms with Gasteiger partial charge in [0.1, 0.15) is 11.5 Å². The van der Waals surface area contributed by atoms with Crippen molar-refractivity contribution in [3.8, 4) is 11.5 Å². The van der Waals surface area contributed by atoms with Crippen LogP contribution in [0, 0.1) is 6.92 Å². The molecule has 1 aliphatic carbocycles. The molecule has 27 heavy (non-hydrogen) atoms. The van der Waals surface area contributed by atoms with Gasteiger partial charge in [-0.25, -0.2) is 0 Å². The summed E-state index contributed by atoms with van der Waals surface area (Å²) in [5.74, 6) is 1.44. The number of carbonyl (C=O) groups excluding carboxylic acids is 1. The third-order valence-electron chi connectivity index (χ3n) is 5.39. The lowest BCUT2D eigenvalue weighted by molar-refractivity contribution is 0.0968. The van der Waals surface area contributed by atoms with Gasteiger partial charge in [-0.15, -0.1) is 0 Å². The van der Waals surface area contributed by atoms with Gasteiger partial charge in [-0.3, -0.25) is 4.79 Å². The molecule has 0 aromatic heterocycles. The van der Waals surface area contributed by atoms with Crippen molar-refractivity contribution in [2.24, 2.45) is 0 Å². The molecule has 2 atom stereocenters. The van der Waals surface area contributed by atoms with E-state index in [1.807, 2.05) is 42.5 Å². The van der Waals surface area contributed by atoms with Gasteiger partial charge in [0, 0.05) is 11.5 Å². The standard InChI is InChI=1S/C24H22O3/c1-15-4-6-16(7-5-15)22-21-14-19(27-3)12-13-20(21)24(25)23(22)17-8-10-18(26-2)11-9-17/h4-14,22-23H,1-3H3/t22-,23+/m1/s1. The Morgan fingerprint density at radius 2 is 1.26 bits per heavy atom. The molecule has 0 spiro atoms. The van der Waals surface area contributed by atoms with Crippen LogP contribution < -0.4 is 9.47 Å². The first-order valence-electron chi connectivity index (χ1n) is 9.05. The molecule has 0 saturated carbocycles. The minimum absolute atomic E-state index is 0.0309. The van der Waals surface area contributed by atoms with E-state index in [4.69, 9.17) is 9.47 Å². The number of Topliss-reactive ketones (excluding diaryl/α,β-unsaturated/α-hetero) is 1. The number of hydrogen-bond acceptors (Lipinski definition) is 3. The summed E-state index contributed by atoms with van der Waals surface area (Å²) >= 11 is 0. The summed E-state index contributed by atoms with van der Waals surface area (Å²) in [6, 6.07) is 22.0. The molecular formula is C24H22O3. The summed E-state index contributed by atoms with van der Waals surface area (Å²) in [7, 11) is 3.30. The predicted molar refractivity (Wildman–Crippen MR) is 106 cm³/mol. The molecule has 0 amide bonds. The van der Waals surface area contributed by atoms with Crippen molar-refractivity contribution >= 4 is 5.78 Å². The highest BCUT2D eigenvalue weighted by molar-refractivity contribution is 6.07. The van der Waals surface area contributed by atoms with Gasteiger partial charge in [0.25, 0.3) is 0 Å². The van der Waals surface area contributed by atoms with Crippen molar-refractivity contribution in [3.05, 3.63) is 94.5 Å². The number of ketones is 1. The zero-order chi connectivity index (χ0) is 19.0. The Hall–Kier alpha value is -3.07. The van der Waals surface area contributed by atoms with Crippen LogP contribution in [0.4, 0.5) is 0 Å². The highest BCUT2D eigenvalue weighted by Crippen LogP contribution is 2.48. The van der Waals surface area contributed by atoms with Crippen LogP contribution >= 0.6 is 0 Å². The second-order valence-electron chi connectivity index (χ2n) is 6.96. The summed E-state index contributed by atoms with van der Waals surface area (Å²) in [6.07, 6.45) is 0. The minimum atomic E-state index is -0.249. The summed E-state index contributed by atoms with van der Waals surface area (Å²) in [4.78, 5) is 13.3. The van der Waals surface area contributed by atoms with Gasteiger partial charge in [0.15, 0.2) is 5.78 Å². The molecule has 0 heterocycles. The minimum Gasteiger partial charge on any atom is -0.497 e. The zero-order valence-corrected chi connectivity index (χ0v) is 15.7. The SMILES string of the molecule is COc1ccc([C@@H]2C(=O)c3ccc(OC)cc3[C@H]2c2ccc(C)cc2)cc1. The Balaban J connectivity index is 1.87. The van der Waals surface area contributed by atoms with E-state index in [0.717, 1.165) is 33.8 Å². The average Bonchev–Trinajstić information content (AvgIpc) is 3.00. The van der Waals surface area contributed by atoms with Crippen molar-refractivity contribution in [2.75, 3.05) is 14.2 Å². The summed E-state index contributed by atoms with van der Waals surface area (Å²) < 4.78 is 10.7. The number of rotatable bonds is 4. The van der Waals surface area contributed by atoms with E-state index in [0.29, 0.717) is 0 Å². The molecule has 1 aliphatic rings. The maximum Gasteiger partial charge on any atom is 0.171 e. The molecule has 3 aromatic carbocycles. The highest BCUT2D eigenvalue weighted by Gasteiger charge is 2.41. The molecule has 3 aromatic rings. The molecule has 3 nitrogen and oxygen atoms in total. The Bertz CT molecular complexity index is 972. The lowest BCUT2D eigenvalue weighted by Crippen LogP contribution is -2.13. The second-order valence-corrected chi connectivity index (χ2v) is 6.96. The number of hydrogen-bond donors (Lipinski definition) is 0. The van der Waals surface area contributed by atoms with Gasteiger partial charge >= 0.3 is 0 Å². The van der Waals surface area contributed by atoms with E-state index in [2.05, 4.69) is 31.2 Å². The Morgan fingerprint density at radius 1 is 0.704 bits per heavy atom. The molecule has 0 fully saturated rings. The maximum absolute atomic E-state index is 13.3. The van der Waals surface area contributed by atoms with Gasteiger partial charge in [0.2, 0.25) is 0 Å². The monoisotopic (exact) mass is 358 g/mol. The Morgan fingerprint density at radius 3 is 1.89 bits per heavy atom. The van der Waals surface area contributed by atoms with E-state index in [1.54, 1.807) is 14.2 Å². The van der Waals surface area contributed by atoms with Crippen LogP contribution in [0.25, 0.3) is 0 Å². The van der Waals surface area contributed by atoms with Crippen LogP contribution in [-0.4, -0.2) is 20.0 Å². The molecule has 0 N–H and O–H groups in total. The van der Waals surface area contributed by atoms with Gasteiger partial charge in [-0.1, -0.05) is 42.0 Å². The molecule has 3 heteroatoms. The highest BCUT2D eigenvalue weighted by atomic mass is 16.5. The third kappa shape index (κ3) is 2.99. The first-order chi connectivity index (χ1) is 13.1. The molecule has 0 unspecified atom stereocenters. The average molecular weight is 358 g/mol.